The van der Waals surface area contributed by atoms with E-state index in [1.165, 1.54) is 19.2 Å². The number of para-hydroxylation sites is 1. The molecule has 0 aliphatic carbocycles. The maximum atomic E-state index is 12.5. The van der Waals surface area contributed by atoms with Gasteiger partial charge in [-0.3, -0.25) is 14.7 Å². The topological polar surface area (TPSA) is 133 Å². The first kappa shape index (κ1) is 21.4. The van der Waals surface area contributed by atoms with E-state index in [4.69, 9.17) is 4.74 Å². The average Bonchev–Trinajstić information content (AvgIpc) is 3.05. The Labute approximate surface area is 170 Å². The molecular weight excluding hydrogens is 432 g/mol. The number of aromatic amines is 1. The van der Waals surface area contributed by atoms with E-state index in [0.717, 1.165) is 12.8 Å². The minimum atomic E-state index is -0.785. The van der Waals surface area contributed by atoms with Gasteiger partial charge in [0.05, 0.1) is 17.1 Å². The van der Waals surface area contributed by atoms with Gasteiger partial charge in [-0.05, 0) is 34.5 Å². The zero-order valence-corrected chi connectivity index (χ0v) is 17.0. The molecule has 1 unspecified atom stereocenters. The first-order valence-corrected chi connectivity index (χ1v) is 9.40. The van der Waals surface area contributed by atoms with Crippen LogP contribution >= 0.6 is 15.9 Å². The summed E-state index contributed by atoms with van der Waals surface area (Å²) in [5, 5.41) is 21.3. The number of amides is 2. The number of H-pyrrole nitrogens is 1. The third-order valence-corrected chi connectivity index (χ3v) is 4.72. The smallest absolute Gasteiger partial charge is 0.328 e. The van der Waals surface area contributed by atoms with Crippen LogP contribution in [0.1, 0.15) is 47.0 Å². The lowest BCUT2D eigenvalue weighted by Crippen LogP contribution is -2.41. The van der Waals surface area contributed by atoms with Crippen molar-refractivity contribution in [1.29, 1.82) is 0 Å². The number of halogens is 1. The average molecular weight is 453 g/mol. The molecule has 0 saturated heterocycles. The molecule has 10 heteroatoms. The van der Waals surface area contributed by atoms with Gasteiger partial charge in [0, 0.05) is 0 Å². The van der Waals surface area contributed by atoms with E-state index in [9.17, 15) is 19.5 Å². The standard InChI is InChI=1S/C18H21BrN4O5/c1-3-4-8-11(18(27)28-2)20-17(26)14-13(19)15(23-22-14)21-16(25)10-7-5-6-9-12(10)24/h5-7,9,11,24H,3-4,8H2,1-2H3,(H,20,26)(H2,21,22,23,25). The number of benzene rings is 1. The molecular formula is C18H21BrN4O5. The molecule has 0 aliphatic heterocycles. The van der Waals surface area contributed by atoms with Gasteiger partial charge in [-0.25, -0.2) is 4.79 Å². The maximum Gasteiger partial charge on any atom is 0.328 e. The van der Waals surface area contributed by atoms with Gasteiger partial charge in [-0.2, -0.15) is 5.10 Å². The molecule has 0 radical (unpaired) electrons. The number of unbranched alkanes of at least 4 members (excludes halogenated alkanes) is 1. The molecule has 9 nitrogen and oxygen atoms in total. The highest BCUT2D eigenvalue weighted by Crippen LogP contribution is 2.25. The number of methoxy groups -OCH3 is 1. The Morgan fingerprint density at radius 2 is 2.00 bits per heavy atom. The number of phenols is 1. The highest BCUT2D eigenvalue weighted by atomic mass is 79.9. The molecule has 28 heavy (non-hydrogen) atoms. The quantitative estimate of drug-likeness (QED) is 0.454. The molecule has 1 aromatic carbocycles. The molecule has 0 fully saturated rings. The molecule has 0 saturated carbocycles. The van der Waals surface area contributed by atoms with Crippen LogP contribution in [0.5, 0.6) is 5.75 Å². The molecule has 2 aromatic rings. The molecule has 150 valence electrons. The number of ether oxygens (including phenoxy) is 1. The molecule has 4 N–H and O–H groups in total. The number of hydrogen-bond acceptors (Lipinski definition) is 6. The molecule has 0 aliphatic rings. The van der Waals surface area contributed by atoms with Gasteiger partial charge in [0.2, 0.25) is 0 Å². The van der Waals surface area contributed by atoms with Crippen LogP contribution in [0.4, 0.5) is 5.82 Å². The fourth-order valence-corrected chi connectivity index (χ4v) is 2.89. The van der Waals surface area contributed by atoms with Gasteiger partial charge < -0.3 is 20.5 Å². The number of anilines is 1. The van der Waals surface area contributed by atoms with Crippen LogP contribution in [0.15, 0.2) is 28.7 Å². The number of nitrogens with one attached hydrogen (secondary N) is 3. The monoisotopic (exact) mass is 452 g/mol. The van der Waals surface area contributed by atoms with Crippen LogP contribution in [-0.2, 0) is 9.53 Å². The van der Waals surface area contributed by atoms with Gasteiger partial charge in [0.1, 0.15) is 17.5 Å². The Kier molecular flexibility index (Phi) is 7.56. The predicted molar refractivity (Wildman–Crippen MR) is 105 cm³/mol. The van der Waals surface area contributed by atoms with E-state index in [0.29, 0.717) is 6.42 Å². The zero-order valence-electron chi connectivity index (χ0n) is 15.4. The summed E-state index contributed by atoms with van der Waals surface area (Å²) < 4.78 is 4.94. The summed E-state index contributed by atoms with van der Waals surface area (Å²) in [5.74, 6) is -1.81. The summed E-state index contributed by atoms with van der Waals surface area (Å²) >= 11 is 3.22. The number of carbonyl (C=O) groups is 3. The van der Waals surface area contributed by atoms with Crippen LogP contribution in [-0.4, -0.2) is 46.2 Å². The molecule has 2 amide bonds. The Hall–Kier alpha value is -2.88. The third kappa shape index (κ3) is 5.10. The van der Waals surface area contributed by atoms with Crippen molar-refractivity contribution in [2.45, 2.75) is 32.2 Å². The van der Waals surface area contributed by atoms with Crippen molar-refractivity contribution < 1.29 is 24.2 Å². The van der Waals surface area contributed by atoms with Crippen molar-refractivity contribution in [3.05, 3.63) is 40.0 Å². The number of esters is 1. The number of phenolic OH excluding ortho intramolecular Hbond substituents is 1. The summed E-state index contributed by atoms with van der Waals surface area (Å²) in [4.78, 5) is 36.6. The third-order valence-electron chi connectivity index (χ3n) is 3.95. The summed E-state index contributed by atoms with van der Waals surface area (Å²) in [6.45, 7) is 1.97. The van der Waals surface area contributed by atoms with Gasteiger partial charge in [-0.15, -0.1) is 0 Å². The molecule has 0 bridgehead atoms. The van der Waals surface area contributed by atoms with Gasteiger partial charge in [0.25, 0.3) is 11.8 Å². The van der Waals surface area contributed by atoms with Crippen molar-refractivity contribution in [3.63, 3.8) is 0 Å². The normalized spacial score (nSPS) is 11.5. The van der Waals surface area contributed by atoms with Crippen molar-refractivity contribution in [2.24, 2.45) is 0 Å². The lowest BCUT2D eigenvalue weighted by Gasteiger charge is -2.15. The lowest BCUT2D eigenvalue weighted by atomic mass is 10.1. The van der Waals surface area contributed by atoms with Crippen LogP contribution in [0.3, 0.4) is 0 Å². The Balaban J connectivity index is 2.12. The summed E-state index contributed by atoms with van der Waals surface area (Å²) in [5.41, 5.74) is 0.103. The zero-order chi connectivity index (χ0) is 20.7. The maximum absolute atomic E-state index is 12.5. The number of rotatable bonds is 8. The van der Waals surface area contributed by atoms with E-state index in [2.05, 4.69) is 36.8 Å². The fraction of sp³-hybridized carbons (Fsp3) is 0.333. The summed E-state index contributed by atoms with van der Waals surface area (Å²) in [6.07, 6.45) is 2.04. The number of nitrogens with zero attached hydrogens (tertiary/aromatic N) is 1. The van der Waals surface area contributed by atoms with Gasteiger partial charge in [0.15, 0.2) is 5.82 Å². The van der Waals surface area contributed by atoms with E-state index in [1.807, 2.05) is 6.92 Å². The summed E-state index contributed by atoms with van der Waals surface area (Å²) in [7, 11) is 1.26. The number of hydrogen-bond donors (Lipinski definition) is 4. The second kappa shape index (κ2) is 9.88. The van der Waals surface area contributed by atoms with Crippen molar-refractivity contribution in [2.75, 3.05) is 12.4 Å². The molecule has 2 rings (SSSR count). The minimum Gasteiger partial charge on any atom is -0.507 e. The second-order valence-electron chi connectivity index (χ2n) is 5.92. The van der Waals surface area contributed by atoms with Crippen LogP contribution in [0.25, 0.3) is 0 Å². The lowest BCUT2D eigenvalue weighted by molar-refractivity contribution is -0.143. The van der Waals surface area contributed by atoms with Crippen molar-refractivity contribution in [1.82, 2.24) is 15.5 Å². The second-order valence-corrected chi connectivity index (χ2v) is 6.72. The molecule has 0 spiro atoms. The number of aromatic nitrogens is 2. The van der Waals surface area contributed by atoms with E-state index < -0.39 is 23.8 Å². The van der Waals surface area contributed by atoms with Crippen LogP contribution < -0.4 is 10.6 Å². The Morgan fingerprint density at radius 3 is 2.64 bits per heavy atom. The first-order valence-electron chi connectivity index (χ1n) is 8.60. The highest BCUT2D eigenvalue weighted by Gasteiger charge is 2.25. The van der Waals surface area contributed by atoms with Crippen LogP contribution in [0, 0.1) is 0 Å². The predicted octanol–water partition coefficient (Wildman–Crippen LogP) is 2.59. The SMILES string of the molecule is CCCCC(NC(=O)c1[nH]nc(NC(=O)c2ccccc2O)c1Br)C(=O)OC. The summed E-state index contributed by atoms with van der Waals surface area (Å²) in [6, 6.07) is 5.25. The van der Waals surface area contributed by atoms with Crippen LogP contribution in [0.2, 0.25) is 0 Å². The largest absolute Gasteiger partial charge is 0.507 e. The number of aromatic hydroxyl groups is 1. The minimum absolute atomic E-state index is 0.0398. The Morgan fingerprint density at radius 1 is 1.29 bits per heavy atom. The van der Waals surface area contributed by atoms with Crippen molar-refractivity contribution in [3.8, 4) is 5.75 Å². The Bertz CT molecular complexity index is 867. The fourth-order valence-electron chi connectivity index (χ4n) is 2.43. The van der Waals surface area contributed by atoms with Crippen molar-refractivity contribution >= 4 is 39.5 Å². The van der Waals surface area contributed by atoms with E-state index >= 15 is 0 Å². The molecule has 1 atom stereocenters. The number of carbonyl (C=O) groups excluding carboxylic acids is 3. The molecule has 1 aromatic heterocycles. The molecule has 1 heterocycles. The van der Waals surface area contributed by atoms with E-state index in [-0.39, 0.29) is 27.3 Å². The van der Waals surface area contributed by atoms with Gasteiger partial charge >= 0.3 is 5.97 Å². The van der Waals surface area contributed by atoms with E-state index in [1.54, 1.807) is 12.1 Å². The van der Waals surface area contributed by atoms with Gasteiger partial charge in [-0.1, -0.05) is 31.9 Å². The first-order chi connectivity index (χ1) is 13.4. The highest BCUT2D eigenvalue weighted by molar-refractivity contribution is 9.10.